The van der Waals surface area contributed by atoms with Gasteiger partial charge in [-0.25, -0.2) is 0 Å². The van der Waals surface area contributed by atoms with Crippen LogP contribution >= 0.6 is 15.9 Å². The van der Waals surface area contributed by atoms with Crippen molar-refractivity contribution in [1.82, 2.24) is 5.32 Å². The molecule has 1 N–H and O–H groups in total. The average molecular weight is 286 g/mol. The molecule has 0 radical (unpaired) electrons. The zero-order valence-electron chi connectivity index (χ0n) is 9.04. The summed E-state index contributed by atoms with van der Waals surface area (Å²) in [6, 6.07) is 5.32. The fraction of sp³-hybridized carbons (Fsp3) is 0.273. The Morgan fingerprint density at radius 2 is 2.12 bits per heavy atom. The van der Waals surface area contributed by atoms with Crippen LogP contribution < -0.4 is 5.32 Å². The summed E-state index contributed by atoms with van der Waals surface area (Å²) in [5.74, 6) is -0.751. The monoisotopic (exact) mass is 285 g/mol. The summed E-state index contributed by atoms with van der Waals surface area (Å²) in [7, 11) is 1.28. The number of amides is 1. The molecule has 0 unspecified atom stereocenters. The van der Waals surface area contributed by atoms with Gasteiger partial charge in [-0.05, 0) is 30.7 Å². The number of rotatable bonds is 3. The fourth-order valence-corrected chi connectivity index (χ4v) is 1.68. The van der Waals surface area contributed by atoms with Crippen LogP contribution in [0, 0.1) is 6.92 Å². The van der Waals surface area contributed by atoms with Gasteiger partial charge in [-0.2, -0.15) is 0 Å². The Labute approximate surface area is 102 Å². The van der Waals surface area contributed by atoms with E-state index in [0.717, 1.165) is 10.0 Å². The van der Waals surface area contributed by atoms with Gasteiger partial charge >= 0.3 is 5.97 Å². The van der Waals surface area contributed by atoms with Gasteiger partial charge in [0.15, 0.2) is 0 Å². The van der Waals surface area contributed by atoms with E-state index in [1.807, 2.05) is 13.0 Å². The molecule has 0 saturated carbocycles. The zero-order valence-corrected chi connectivity index (χ0v) is 10.6. The molecule has 1 aromatic carbocycles. The van der Waals surface area contributed by atoms with E-state index < -0.39 is 5.97 Å². The minimum Gasteiger partial charge on any atom is -0.468 e. The molecule has 16 heavy (non-hydrogen) atoms. The lowest BCUT2D eigenvalue weighted by molar-refractivity contribution is -0.139. The van der Waals surface area contributed by atoms with Crippen LogP contribution in [0.15, 0.2) is 22.7 Å². The second kappa shape index (κ2) is 5.65. The van der Waals surface area contributed by atoms with Crippen LogP contribution in [-0.2, 0) is 9.53 Å². The maximum absolute atomic E-state index is 11.7. The Hall–Kier alpha value is -1.36. The SMILES string of the molecule is COC(=O)CNC(=O)c1ccc(Br)cc1C. The zero-order chi connectivity index (χ0) is 12.1. The summed E-state index contributed by atoms with van der Waals surface area (Å²) in [6.07, 6.45) is 0. The van der Waals surface area contributed by atoms with Crippen molar-refractivity contribution in [2.45, 2.75) is 6.92 Å². The number of hydrogen-bond donors (Lipinski definition) is 1. The Kier molecular flexibility index (Phi) is 4.49. The highest BCUT2D eigenvalue weighted by Gasteiger charge is 2.10. The maximum Gasteiger partial charge on any atom is 0.325 e. The molecule has 0 bridgehead atoms. The third kappa shape index (κ3) is 3.34. The van der Waals surface area contributed by atoms with Crippen LogP contribution in [0.25, 0.3) is 0 Å². The number of hydrogen-bond acceptors (Lipinski definition) is 3. The van der Waals surface area contributed by atoms with Crippen molar-refractivity contribution < 1.29 is 14.3 Å². The lowest BCUT2D eigenvalue weighted by atomic mass is 10.1. The van der Waals surface area contributed by atoms with Crippen LogP contribution in [0.3, 0.4) is 0 Å². The molecule has 86 valence electrons. The van der Waals surface area contributed by atoms with E-state index in [0.29, 0.717) is 5.56 Å². The van der Waals surface area contributed by atoms with Crippen LogP contribution in [0.1, 0.15) is 15.9 Å². The van der Waals surface area contributed by atoms with Gasteiger partial charge in [-0.15, -0.1) is 0 Å². The molecule has 0 aliphatic carbocycles. The number of esters is 1. The first-order chi connectivity index (χ1) is 7.54. The molecule has 0 fully saturated rings. The number of nitrogens with one attached hydrogen (secondary N) is 1. The standard InChI is InChI=1S/C11H12BrNO3/c1-7-5-8(12)3-4-9(7)11(15)13-6-10(14)16-2/h3-5H,6H2,1-2H3,(H,13,15). The Bertz CT molecular complexity index is 418. The number of benzene rings is 1. The van der Waals surface area contributed by atoms with Crippen LogP contribution in [-0.4, -0.2) is 25.5 Å². The molecular formula is C11H12BrNO3. The molecule has 0 aliphatic heterocycles. The third-order valence-electron chi connectivity index (χ3n) is 2.05. The number of carbonyl (C=O) groups is 2. The second-order valence-corrected chi connectivity index (χ2v) is 4.13. The molecule has 1 rings (SSSR count). The highest BCUT2D eigenvalue weighted by Crippen LogP contribution is 2.15. The van der Waals surface area contributed by atoms with E-state index in [-0.39, 0.29) is 12.5 Å². The Morgan fingerprint density at radius 3 is 2.69 bits per heavy atom. The summed E-state index contributed by atoms with van der Waals surface area (Å²) in [4.78, 5) is 22.5. The van der Waals surface area contributed by atoms with Crippen molar-refractivity contribution in [3.05, 3.63) is 33.8 Å². The van der Waals surface area contributed by atoms with E-state index >= 15 is 0 Å². The molecule has 1 amide bonds. The van der Waals surface area contributed by atoms with E-state index in [1.165, 1.54) is 7.11 Å². The molecule has 4 nitrogen and oxygen atoms in total. The largest absolute Gasteiger partial charge is 0.468 e. The number of halogens is 1. The first-order valence-corrected chi connectivity index (χ1v) is 5.45. The average Bonchev–Trinajstić information content (AvgIpc) is 2.25. The third-order valence-corrected chi connectivity index (χ3v) is 2.55. The predicted octanol–water partition coefficient (Wildman–Crippen LogP) is 1.66. The molecule has 1 aromatic rings. The highest BCUT2D eigenvalue weighted by atomic mass is 79.9. The van der Waals surface area contributed by atoms with Crippen LogP contribution in [0.4, 0.5) is 0 Å². The lowest BCUT2D eigenvalue weighted by Gasteiger charge is -2.06. The molecule has 0 spiro atoms. The second-order valence-electron chi connectivity index (χ2n) is 3.22. The van der Waals surface area contributed by atoms with Gasteiger partial charge in [0.05, 0.1) is 7.11 Å². The first-order valence-electron chi connectivity index (χ1n) is 4.65. The van der Waals surface area contributed by atoms with Gasteiger partial charge in [0.2, 0.25) is 0 Å². The summed E-state index contributed by atoms with van der Waals surface area (Å²) in [5, 5.41) is 2.48. The van der Waals surface area contributed by atoms with Crippen molar-refractivity contribution >= 4 is 27.8 Å². The summed E-state index contributed by atoms with van der Waals surface area (Å²) >= 11 is 3.31. The van der Waals surface area contributed by atoms with Gasteiger partial charge in [-0.1, -0.05) is 15.9 Å². The number of aryl methyl sites for hydroxylation is 1. The highest BCUT2D eigenvalue weighted by molar-refractivity contribution is 9.10. The minimum absolute atomic E-state index is 0.120. The van der Waals surface area contributed by atoms with Crippen molar-refractivity contribution in [2.24, 2.45) is 0 Å². The van der Waals surface area contributed by atoms with Gasteiger partial charge in [0, 0.05) is 10.0 Å². The van der Waals surface area contributed by atoms with E-state index in [1.54, 1.807) is 12.1 Å². The normalized spacial score (nSPS) is 9.69. The van der Waals surface area contributed by atoms with Crippen LogP contribution in [0.2, 0.25) is 0 Å². The fourth-order valence-electron chi connectivity index (χ4n) is 1.20. The molecule has 5 heteroatoms. The van der Waals surface area contributed by atoms with Gasteiger partial charge in [-0.3, -0.25) is 9.59 Å². The summed E-state index contributed by atoms with van der Waals surface area (Å²) in [6.45, 7) is 1.71. The van der Waals surface area contributed by atoms with Gasteiger partial charge < -0.3 is 10.1 Å². The summed E-state index contributed by atoms with van der Waals surface area (Å²) in [5.41, 5.74) is 1.39. The molecule has 0 aromatic heterocycles. The van der Waals surface area contributed by atoms with Gasteiger partial charge in [0.1, 0.15) is 6.54 Å². The summed E-state index contributed by atoms with van der Waals surface area (Å²) < 4.78 is 5.34. The van der Waals surface area contributed by atoms with Crippen molar-refractivity contribution in [2.75, 3.05) is 13.7 Å². The maximum atomic E-state index is 11.7. The molecule has 0 heterocycles. The molecular weight excluding hydrogens is 274 g/mol. The number of methoxy groups -OCH3 is 1. The van der Waals surface area contributed by atoms with Gasteiger partial charge in [0.25, 0.3) is 5.91 Å². The van der Waals surface area contributed by atoms with E-state index in [2.05, 4.69) is 26.0 Å². The number of carbonyl (C=O) groups excluding carboxylic acids is 2. The molecule has 0 atom stereocenters. The predicted molar refractivity (Wildman–Crippen MR) is 63.2 cm³/mol. The van der Waals surface area contributed by atoms with Crippen molar-refractivity contribution in [1.29, 1.82) is 0 Å². The topological polar surface area (TPSA) is 55.4 Å². The minimum atomic E-state index is -0.469. The Balaban J connectivity index is 2.70. The van der Waals surface area contributed by atoms with Crippen molar-refractivity contribution in [3.63, 3.8) is 0 Å². The van der Waals surface area contributed by atoms with Crippen LogP contribution in [0.5, 0.6) is 0 Å². The Morgan fingerprint density at radius 1 is 1.44 bits per heavy atom. The van der Waals surface area contributed by atoms with Crippen molar-refractivity contribution in [3.8, 4) is 0 Å². The van der Waals surface area contributed by atoms with E-state index in [4.69, 9.17) is 0 Å². The smallest absolute Gasteiger partial charge is 0.325 e. The lowest BCUT2D eigenvalue weighted by Crippen LogP contribution is -2.30. The molecule has 0 aliphatic rings. The number of ether oxygens (including phenoxy) is 1. The van der Waals surface area contributed by atoms with E-state index in [9.17, 15) is 9.59 Å². The first kappa shape index (κ1) is 12.7. The quantitative estimate of drug-likeness (QED) is 0.860. The molecule has 0 saturated heterocycles.